The highest BCUT2D eigenvalue weighted by Crippen LogP contribution is 2.32. The van der Waals surface area contributed by atoms with Gasteiger partial charge in [0.1, 0.15) is 23.1 Å². The lowest BCUT2D eigenvalue weighted by atomic mass is 9.98. The van der Waals surface area contributed by atoms with Crippen LogP contribution in [0.2, 0.25) is 0 Å². The van der Waals surface area contributed by atoms with Crippen molar-refractivity contribution in [3.63, 3.8) is 0 Å². The van der Waals surface area contributed by atoms with Gasteiger partial charge in [0.05, 0.1) is 18.9 Å². The highest BCUT2D eigenvalue weighted by atomic mass is 16.6. The molecule has 0 saturated carbocycles. The monoisotopic (exact) mass is 531 g/mol. The van der Waals surface area contributed by atoms with E-state index in [4.69, 9.17) is 14.2 Å². The number of ether oxygens (including phenoxy) is 3. The standard InChI is InChI=1S/C30H37N5O4/c1-20-15-23(5-6-25(20)38-19-21-7-11-34(12-8-21)29(36)39-30(2,3)4)27-24-9-13-35(17-22-10-14-37-18-22)28(24)33-26(16-31)32-27/h5-6,9,13,15,21-22H,7-8,10-12,14,17-19H2,1-4H3. The molecule has 2 saturated heterocycles. The Labute approximate surface area is 229 Å². The molecule has 0 radical (unpaired) electrons. The minimum atomic E-state index is -0.483. The fourth-order valence-corrected chi connectivity index (χ4v) is 5.26. The van der Waals surface area contributed by atoms with Gasteiger partial charge in [-0.1, -0.05) is 0 Å². The lowest BCUT2D eigenvalue weighted by Gasteiger charge is -2.33. The second-order valence-corrected chi connectivity index (χ2v) is 11.6. The summed E-state index contributed by atoms with van der Waals surface area (Å²) in [5.41, 5.74) is 2.98. The zero-order valence-corrected chi connectivity index (χ0v) is 23.3. The second kappa shape index (κ2) is 11.2. The molecule has 1 amide bonds. The van der Waals surface area contributed by atoms with E-state index in [1.165, 1.54) is 0 Å². The number of rotatable bonds is 6. The van der Waals surface area contributed by atoms with Crippen molar-refractivity contribution >= 4 is 17.1 Å². The molecule has 2 fully saturated rings. The molecule has 0 spiro atoms. The number of hydrogen-bond acceptors (Lipinski definition) is 7. The van der Waals surface area contributed by atoms with Gasteiger partial charge in [-0.2, -0.15) is 5.26 Å². The van der Waals surface area contributed by atoms with Crippen molar-refractivity contribution in [2.24, 2.45) is 11.8 Å². The molecule has 9 nitrogen and oxygen atoms in total. The number of likely N-dealkylation sites (tertiary alicyclic amines) is 1. The fraction of sp³-hybridized carbons (Fsp3) is 0.533. The molecule has 9 heteroatoms. The summed E-state index contributed by atoms with van der Waals surface area (Å²) in [6.07, 6.45) is 4.59. The lowest BCUT2D eigenvalue weighted by molar-refractivity contribution is 0.0165. The Morgan fingerprint density at radius 1 is 1.15 bits per heavy atom. The van der Waals surface area contributed by atoms with Gasteiger partial charge in [-0.25, -0.2) is 14.8 Å². The first kappa shape index (κ1) is 26.9. The van der Waals surface area contributed by atoms with E-state index in [1.54, 1.807) is 4.90 Å². The van der Waals surface area contributed by atoms with Crippen LogP contribution in [-0.2, 0) is 16.0 Å². The number of nitriles is 1. The van der Waals surface area contributed by atoms with E-state index in [9.17, 15) is 10.1 Å². The van der Waals surface area contributed by atoms with Gasteiger partial charge in [-0.3, -0.25) is 0 Å². The minimum absolute atomic E-state index is 0.163. The molecule has 206 valence electrons. The van der Waals surface area contributed by atoms with Crippen molar-refractivity contribution in [3.8, 4) is 23.1 Å². The topological polar surface area (TPSA) is 103 Å². The van der Waals surface area contributed by atoms with Gasteiger partial charge >= 0.3 is 6.09 Å². The molecule has 1 aromatic carbocycles. The van der Waals surface area contributed by atoms with Crippen LogP contribution in [0.5, 0.6) is 5.75 Å². The first-order valence-corrected chi connectivity index (χ1v) is 13.8. The van der Waals surface area contributed by atoms with Gasteiger partial charge in [-0.05, 0) is 82.7 Å². The predicted molar refractivity (Wildman–Crippen MR) is 147 cm³/mol. The van der Waals surface area contributed by atoms with E-state index < -0.39 is 5.60 Å². The van der Waals surface area contributed by atoms with Crippen molar-refractivity contribution in [1.82, 2.24) is 19.4 Å². The van der Waals surface area contributed by atoms with Gasteiger partial charge < -0.3 is 23.7 Å². The molecule has 5 rings (SSSR count). The number of carbonyl (C=O) groups is 1. The summed E-state index contributed by atoms with van der Waals surface area (Å²) in [7, 11) is 0. The van der Waals surface area contributed by atoms with E-state index in [2.05, 4.69) is 26.7 Å². The van der Waals surface area contributed by atoms with Crippen LogP contribution in [0.3, 0.4) is 0 Å². The summed E-state index contributed by atoms with van der Waals surface area (Å²) in [4.78, 5) is 23.2. The molecule has 2 aliphatic rings. The molecule has 1 atom stereocenters. The van der Waals surface area contributed by atoms with E-state index >= 15 is 0 Å². The summed E-state index contributed by atoms with van der Waals surface area (Å²) in [6, 6.07) is 10.2. The van der Waals surface area contributed by atoms with E-state index in [0.29, 0.717) is 31.5 Å². The molecular weight excluding hydrogens is 494 g/mol. The molecule has 1 unspecified atom stereocenters. The number of carbonyl (C=O) groups excluding carboxylic acids is 1. The van der Waals surface area contributed by atoms with E-state index in [1.807, 2.05) is 52.1 Å². The van der Waals surface area contributed by atoms with Crippen molar-refractivity contribution in [2.45, 2.75) is 59.1 Å². The predicted octanol–water partition coefficient (Wildman–Crippen LogP) is 5.34. The Bertz CT molecular complexity index is 1370. The van der Waals surface area contributed by atoms with Gasteiger partial charge in [-0.15, -0.1) is 0 Å². The van der Waals surface area contributed by atoms with Gasteiger partial charge in [0, 0.05) is 49.3 Å². The largest absolute Gasteiger partial charge is 0.493 e. The maximum absolute atomic E-state index is 12.3. The first-order chi connectivity index (χ1) is 18.7. The number of nitrogens with zero attached hydrogens (tertiary/aromatic N) is 5. The van der Waals surface area contributed by atoms with Crippen molar-refractivity contribution in [2.75, 3.05) is 32.9 Å². The van der Waals surface area contributed by atoms with Crippen LogP contribution < -0.4 is 4.74 Å². The second-order valence-electron chi connectivity index (χ2n) is 11.6. The number of fused-ring (bicyclic) bond motifs is 1. The summed E-state index contributed by atoms with van der Waals surface area (Å²) in [5.74, 6) is 1.83. The number of piperidine rings is 1. The molecule has 2 aromatic heterocycles. The molecule has 0 N–H and O–H groups in total. The third-order valence-electron chi connectivity index (χ3n) is 7.39. The summed E-state index contributed by atoms with van der Waals surface area (Å²) in [6.45, 7) is 12.0. The Morgan fingerprint density at radius 2 is 1.95 bits per heavy atom. The van der Waals surface area contributed by atoms with Crippen molar-refractivity contribution < 1.29 is 19.0 Å². The number of amides is 1. The first-order valence-electron chi connectivity index (χ1n) is 13.8. The number of aromatic nitrogens is 3. The van der Waals surface area contributed by atoms with Gasteiger partial charge in [0.15, 0.2) is 0 Å². The fourth-order valence-electron chi connectivity index (χ4n) is 5.26. The summed E-state index contributed by atoms with van der Waals surface area (Å²) >= 11 is 0. The summed E-state index contributed by atoms with van der Waals surface area (Å²) in [5, 5.41) is 10.5. The van der Waals surface area contributed by atoms with Crippen LogP contribution in [-0.4, -0.2) is 64.0 Å². The van der Waals surface area contributed by atoms with Crippen LogP contribution in [0.25, 0.3) is 22.3 Å². The average Bonchev–Trinajstić information content (AvgIpc) is 3.57. The highest BCUT2D eigenvalue weighted by Gasteiger charge is 2.27. The Hall–Kier alpha value is -3.64. The average molecular weight is 532 g/mol. The zero-order chi connectivity index (χ0) is 27.6. The van der Waals surface area contributed by atoms with Crippen molar-refractivity contribution in [3.05, 3.63) is 41.9 Å². The Kier molecular flexibility index (Phi) is 7.76. The maximum Gasteiger partial charge on any atom is 0.410 e. The normalized spacial score (nSPS) is 18.3. The van der Waals surface area contributed by atoms with Crippen LogP contribution in [0.4, 0.5) is 4.79 Å². The molecule has 0 aliphatic carbocycles. The molecule has 0 bridgehead atoms. The molecule has 2 aliphatic heterocycles. The lowest BCUT2D eigenvalue weighted by Crippen LogP contribution is -2.42. The smallest absolute Gasteiger partial charge is 0.410 e. The molecular formula is C30H37N5O4. The minimum Gasteiger partial charge on any atom is -0.493 e. The highest BCUT2D eigenvalue weighted by molar-refractivity contribution is 5.91. The summed E-state index contributed by atoms with van der Waals surface area (Å²) < 4.78 is 19.4. The van der Waals surface area contributed by atoms with Gasteiger partial charge in [0.25, 0.3) is 0 Å². The number of hydrogen-bond donors (Lipinski definition) is 0. The molecule has 39 heavy (non-hydrogen) atoms. The van der Waals surface area contributed by atoms with E-state index in [-0.39, 0.29) is 11.9 Å². The maximum atomic E-state index is 12.3. The van der Waals surface area contributed by atoms with Crippen LogP contribution in [0.15, 0.2) is 30.5 Å². The van der Waals surface area contributed by atoms with E-state index in [0.717, 1.165) is 72.6 Å². The van der Waals surface area contributed by atoms with Crippen molar-refractivity contribution in [1.29, 1.82) is 5.26 Å². The third-order valence-corrected chi connectivity index (χ3v) is 7.39. The zero-order valence-electron chi connectivity index (χ0n) is 23.3. The van der Waals surface area contributed by atoms with Crippen LogP contribution in [0, 0.1) is 30.1 Å². The number of aryl methyl sites for hydroxylation is 1. The Morgan fingerprint density at radius 3 is 2.62 bits per heavy atom. The Balaban J connectivity index is 1.25. The third kappa shape index (κ3) is 6.34. The quantitative estimate of drug-likeness (QED) is 0.423. The molecule has 3 aromatic rings. The molecule has 4 heterocycles. The van der Waals surface area contributed by atoms with Gasteiger partial charge in [0.2, 0.25) is 5.82 Å². The number of benzene rings is 1. The van der Waals surface area contributed by atoms with Crippen LogP contribution in [0.1, 0.15) is 51.4 Å². The van der Waals surface area contributed by atoms with Crippen LogP contribution >= 0.6 is 0 Å². The SMILES string of the molecule is Cc1cc(-c2nc(C#N)nc3c2ccn3CC2CCOC2)ccc1OCC1CCN(C(=O)OC(C)(C)C)CC1.